The minimum absolute atomic E-state index is 0.382. The Morgan fingerprint density at radius 3 is 2.31 bits per heavy atom. The van der Waals surface area contributed by atoms with Gasteiger partial charge in [0.1, 0.15) is 0 Å². The second-order valence-electron chi connectivity index (χ2n) is 3.75. The van der Waals surface area contributed by atoms with Crippen LogP contribution < -0.4 is 5.73 Å². The van der Waals surface area contributed by atoms with Crippen molar-refractivity contribution < 1.29 is 13.2 Å². The van der Waals surface area contributed by atoms with Crippen molar-refractivity contribution >= 4 is 0 Å². The summed E-state index contributed by atoms with van der Waals surface area (Å²) in [6.07, 6.45) is -1.28. The summed E-state index contributed by atoms with van der Waals surface area (Å²) in [5.41, 5.74) is 5.20. The van der Waals surface area contributed by atoms with Crippen molar-refractivity contribution in [2.24, 2.45) is 5.73 Å². The van der Waals surface area contributed by atoms with Crippen molar-refractivity contribution in [2.75, 3.05) is 6.54 Å². The zero-order chi connectivity index (χ0) is 12.0. The lowest BCUT2D eigenvalue weighted by Gasteiger charge is -2.12. The molecule has 1 aromatic carbocycles. The summed E-state index contributed by atoms with van der Waals surface area (Å²) in [4.78, 5) is 0. The van der Waals surface area contributed by atoms with Crippen molar-refractivity contribution in [2.45, 2.75) is 31.9 Å². The first kappa shape index (κ1) is 13.0. The molecule has 0 heterocycles. The number of hydrogen-bond donors (Lipinski definition) is 1. The zero-order valence-corrected chi connectivity index (χ0v) is 9.06. The molecule has 0 bridgehead atoms. The van der Waals surface area contributed by atoms with E-state index in [-0.39, 0.29) is 0 Å². The quantitative estimate of drug-likeness (QED) is 0.772. The third-order valence-electron chi connectivity index (χ3n) is 2.47. The summed E-state index contributed by atoms with van der Waals surface area (Å²) in [5.74, 6) is 0. The Morgan fingerprint density at radius 1 is 1.00 bits per heavy atom. The van der Waals surface area contributed by atoms with Crippen LogP contribution in [0.5, 0.6) is 0 Å². The zero-order valence-electron chi connectivity index (χ0n) is 9.06. The summed E-state index contributed by atoms with van der Waals surface area (Å²) >= 11 is 0. The van der Waals surface area contributed by atoms with Crippen molar-refractivity contribution in [1.29, 1.82) is 0 Å². The van der Waals surface area contributed by atoms with Crippen LogP contribution in [-0.2, 0) is 12.6 Å². The maximum Gasteiger partial charge on any atom is 0.416 e. The Balaban J connectivity index is 2.65. The first-order chi connectivity index (χ1) is 7.55. The minimum Gasteiger partial charge on any atom is -0.330 e. The van der Waals surface area contributed by atoms with Crippen LogP contribution in [0, 0.1) is 0 Å². The van der Waals surface area contributed by atoms with E-state index in [1.165, 1.54) is 6.07 Å². The highest BCUT2D eigenvalue weighted by Gasteiger charge is 2.32. The number of unbranched alkanes of at least 4 members (excludes halogenated alkanes) is 2. The fourth-order valence-electron chi connectivity index (χ4n) is 1.65. The molecule has 1 nitrogen and oxygen atoms in total. The summed E-state index contributed by atoms with van der Waals surface area (Å²) in [6.45, 7) is 0.598. The molecule has 2 N–H and O–H groups in total. The van der Waals surface area contributed by atoms with Gasteiger partial charge in [-0.3, -0.25) is 0 Å². The van der Waals surface area contributed by atoms with E-state index in [0.717, 1.165) is 25.3 Å². The van der Waals surface area contributed by atoms with E-state index in [4.69, 9.17) is 5.73 Å². The number of halogens is 3. The SMILES string of the molecule is NCCCCCc1ccccc1C(F)(F)F. The van der Waals surface area contributed by atoms with Crippen LogP contribution in [0.2, 0.25) is 0 Å². The van der Waals surface area contributed by atoms with Crippen LogP contribution in [0.3, 0.4) is 0 Å². The van der Waals surface area contributed by atoms with Crippen molar-refractivity contribution in [3.05, 3.63) is 35.4 Å². The summed E-state index contributed by atoms with van der Waals surface area (Å²) < 4.78 is 37.8. The van der Waals surface area contributed by atoms with Crippen molar-refractivity contribution in [3.63, 3.8) is 0 Å². The molecule has 0 amide bonds. The van der Waals surface area contributed by atoms with Crippen LogP contribution in [0.4, 0.5) is 13.2 Å². The molecule has 0 unspecified atom stereocenters. The van der Waals surface area contributed by atoms with Gasteiger partial charge in [0.25, 0.3) is 0 Å². The lowest BCUT2D eigenvalue weighted by Crippen LogP contribution is -2.09. The fourth-order valence-corrected chi connectivity index (χ4v) is 1.65. The molecule has 0 saturated carbocycles. The highest BCUT2D eigenvalue weighted by Crippen LogP contribution is 2.32. The van der Waals surface area contributed by atoms with Gasteiger partial charge >= 0.3 is 6.18 Å². The van der Waals surface area contributed by atoms with E-state index >= 15 is 0 Å². The van der Waals surface area contributed by atoms with E-state index < -0.39 is 11.7 Å². The maximum absolute atomic E-state index is 12.6. The number of hydrogen-bond acceptors (Lipinski definition) is 1. The van der Waals surface area contributed by atoms with E-state index in [0.29, 0.717) is 18.5 Å². The largest absolute Gasteiger partial charge is 0.416 e. The molecule has 90 valence electrons. The number of benzene rings is 1. The van der Waals surface area contributed by atoms with Gasteiger partial charge in [-0.05, 0) is 37.4 Å². The van der Waals surface area contributed by atoms with Gasteiger partial charge in [-0.15, -0.1) is 0 Å². The van der Waals surface area contributed by atoms with Crippen LogP contribution >= 0.6 is 0 Å². The molecule has 0 radical (unpaired) electrons. The average Bonchev–Trinajstić information content (AvgIpc) is 2.24. The van der Waals surface area contributed by atoms with Crippen molar-refractivity contribution in [3.8, 4) is 0 Å². The molecule has 0 saturated heterocycles. The molecule has 1 aromatic rings. The van der Waals surface area contributed by atoms with Gasteiger partial charge in [0, 0.05) is 0 Å². The van der Waals surface area contributed by atoms with Crippen LogP contribution in [0.25, 0.3) is 0 Å². The monoisotopic (exact) mass is 231 g/mol. The number of alkyl halides is 3. The van der Waals surface area contributed by atoms with Gasteiger partial charge < -0.3 is 5.73 Å². The molecule has 0 fully saturated rings. The lowest BCUT2D eigenvalue weighted by molar-refractivity contribution is -0.138. The van der Waals surface area contributed by atoms with E-state index in [1.807, 2.05) is 0 Å². The first-order valence-electron chi connectivity index (χ1n) is 5.41. The lowest BCUT2D eigenvalue weighted by atomic mass is 10.0. The van der Waals surface area contributed by atoms with E-state index in [2.05, 4.69) is 0 Å². The van der Waals surface area contributed by atoms with Gasteiger partial charge in [0.05, 0.1) is 5.56 Å². The van der Waals surface area contributed by atoms with Crippen LogP contribution in [-0.4, -0.2) is 6.54 Å². The average molecular weight is 231 g/mol. The van der Waals surface area contributed by atoms with Gasteiger partial charge in [-0.2, -0.15) is 13.2 Å². The molecular weight excluding hydrogens is 215 g/mol. The highest BCUT2D eigenvalue weighted by atomic mass is 19.4. The Labute approximate surface area is 93.5 Å². The molecule has 0 aliphatic rings. The number of aryl methyl sites for hydroxylation is 1. The fraction of sp³-hybridized carbons (Fsp3) is 0.500. The maximum atomic E-state index is 12.6. The van der Waals surface area contributed by atoms with E-state index in [1.54, 1.807) is 12.1 Å². The Kier molecular flexibility index (Phi) is 4.80. The molecule has 0 aliphatic heterocycles. The molecular formula is C12H16F3N. The summed E-state index contributed by atoms with van der Waals surface area (Å²) in [6, 6.07) is 5.75. The highest BCUT2D eigenvalue weighted by molar-refractivity contribution is 5.29. The topological polar surface area (TPSA) is 26.0 Å². The van der Waals surface area contributed by atoms with Gasteiger partial charge in [-0.1, -0.05) is 24.6 Å². The molecule has 0 aliphatic carbocycles. The minimum atomic E-state index is -4.25. The second-order valence-corrected chi connectivity index (χ2v) is 3.75. The van der Waals surface area contributed by atoms with E-state index in [9.17, 15) is 13.2 Å². The first-order valence-corrected chi connectivity index (χ1v) is 5.41. The van der Waals surface area contributed by atoms with Gasteiger partial charge in [-0.25, -0.2) is 0 Å². The third kappa shape index (κ3) is 3.85. The smallest absolute Gasteiger partial charge is 0.330 e. The predicted octanol–water partition coefficient (Wildman–Crippen LogP) is 3.38. The Hall–Kier alpha value is -1.03. The standard InChI is InChI=1S/C12H16F3N/c13-12(14,15)11-8-4-3-7-10(11)6-2-1-5-9-16/h3-4,7-8H,1-2,5-6,9,16H2. The van der Waals surface area contributed by atoms with Gasteiger partial charge in [0.15, 0.2) is 0 Å². The van der Waals surface area contributed by atoms with Gasteiger partial charge in [0.2, 0.25) is 0 Å². The second kappa shape index (κ2) is 5.89. The summed E-state index contributed by atoms with van der Waals surface area (Å²) in [5, 5.41) is 0. The molecule has 16 heavy (non-hydrogen) atoms. The van der Waals surface area contributed by atoms with Crippen LogP contribution in [0.1, 0.15) is 30.4 Å². The summed E-state index contributed by atoms with van der Waals surface area (Å²) in [7, 11) is 0. The Bertz CT molecular complexity index is 320. The third-order valence-corrected chi connectivity index (χ3v) is 2.47. The molecule has 4 heteroatoms. The number of rotatable bonds is 5. The molecule has 0 atom stereocenters. The van der Waals surface area contributed by atoms with Crippen molar-refractivity contribution in [1.82, 2.24) is 0 Å². The molecule has 1 rings (SSSR count). The molecule has 0 aromatic heterocycles. The number of nitrogens with two attached hydrogens (primary N) is 1. The predicted molar refractivity (Wildman–Crippen MR) is 58.1 cm³/mol. The normalized spacial score (nSPS) is 11.8. The van der Waals surface area contributed by atoms with Crippen LogP contribution in [0.15, 0.2) is 24.3 Å². The molecule has 0 spiro atoms. The Morgan fingerprint density at radius 2 is 1.69 bits per heavy atom.